The Hall–Kier alpha value is -11.8. The van der Waals surface area contributed by atoms with Crippen LogP contribution in [0.1, 0.15) is 134 Å². The molecule has 3 saturated heterocycles. The highest BCUT2D eigenvalue weighted by molar-refractivity contribution is 7.91. The number of pyridine rings is 3. The Labute approximate surface area is 782 Å². The van der Waals surface area contributed by atoms with Crippen molar-refractivity contribution < 1.29 is 63.6 Å². The number of sulfonamides is 2. The van der Waals surface area contributed by atoms with E-state index in [1.807, 2.05) is 36.4 Å². The molecular formula is C98H106Cl2N14O16S3. The summed E-state index contributed by atoms with van der Waals surface area (Å²) >= 11 is 12.5. The summed E-state index contributed by atoms with van der Waals surface area (Å²) < 4.78 is 109. The molecule has 133 heavy (non-hydrogen) atoms. The highest BCUT2D eigenvalue weighted by atomic mass is 35.5. The van der Waals surface area contributed by atoms with Gasteiger partial charge in [-0.2, -0.15) is 0 Å². The van der Waals surface area contributed by atoms with E-state index in [1.165, 1.54) is 76.3 Å². The maximum absolute atomic E-state index is 14.1. The molecule has 18 rings (SSSR count). The fraction of sp³-hybridized carbons (Fsp3) is 0.378. The molecule has 2 atom stereocenters. The van der Waals surface area contributed by atoms with E-state index < -0.39 is 67.0 Å². The number of nitrogens with zero attached hydrogens (tertiary/aromatic N) is 10. The molecule has 2 aliphatic carbocycles. The number of aromatic amines is 2. The average Bonchev–Trinajstić information content (AvgIpc) is 1.70. The van der Waals surface area contributed by atoms with Crippen molar-refractivity contribution in [3.8, 4) is 34.5 Å². The SMILES string of the molecule is CC1(C)CCC(CN2CCN(c3ccc(C(=O)NS(=O)(=O)c4cc5c(c([N+](=O)[O-])c4)C[C@@H](Cc4ccc(S(C)(=O)=O)cn4)CO5)c(Oc4cnc5[nH]ccc5c4)c3)CC2)=C(c2ccc(Cl)cc2)C1.CN1CCC(C[C@H]2COc3cc(S(=O)(=O)NC(=O)c4ccc(N5CCN(CC6=C(c7ccc(Cl)cc7)CC(C)(C)CC6)CC5)cc4Oc4cnc5[nH]ccc5c4)cc([N+](=O)[O-])c3C2)CC1. The number of rotatable bonds is 25. The van der Waals surface area contributed by atoms with E-state index in [4.69, 9.17) is 42.1 Å². The topological polar surface area (TPSA) is 370 Å². The summed E-state index contributed by atoms with van der Waals surface area (Å²) in [7, 11) is -10.7. The normalized spacial score (nSPS) is 18.7. The molecule has 0 unspecified atom stereocenters. The van der Waals surface area contributed by atoms with Crippen molar-refractivity contribution >= 4 is 121 Å². The first-order chi connectivity index (χ1) is 63.5. The Balaban J connectivity index is 0.000000186. The van der Waals surface area contributed by atoms with Crippen LogP contribution in [0.2, 0.25) is 10.0 Å². The van der Waals surface area contributed by atoms with Crippen LogP contribution in [0.4, 0.5) is 22.7 Å². The van der Waals surface area contributed by atoms with Gasteiger partial charge in [0.1, 0.15) is 45.8 Å². The second-order valence-electron chi connectivity index (χ2n) is 37.6. The number of aromatic nitrogens is 5. The van der Waals surface area contributed by atoms with E-state index in [0.717, 1.165) is 169 Å². The molecule has 4 N–H and O–H groups in total. The summed E-state index contributed by atoms with van der Waals surface area (Å²) in [5, 5.41) is 27.8. The highest BCUT2D eigenvalue weighted by Crippen LogP contribution is 2.48. The van der Waals surface area contributed by atoms with E-state index in [0.29, 0.717) is 77.5 Å². The summed E-state index contributed by atoms with van der Waals surface area (Å²) in [6, 6.07) is 41.0. The third-order valence-corrected chi connectivity index (χ3v) is 30.9. The maximum atomic E-state index is 14.1. The third kappa shape index (κ3) is 22.0. The van der Waals surface area contributed by atoms with Crippen molar-refractivity contribution in [2.45, 2.75) is 119 Å². The van der Waals surface area contributed by atoms with Gasteiger partial charge in [-0.1, -0.05) is 86.3 Å². The standard InChI is InChI=1S/C49H50ClN7O9S2.C49H56ClN7O7S/c1-49(2)14-12-34(43(26-49)32-4-6-35(50)7-5-32)29-55-16-18-56(19-17-55)37-9-11-41(46(23-37)66-38-22-33-13-15-51-47(33)53-27-38)48(58)54-68(63,64)40-24-44(57(59)60)42-21-31(30-65-45(42)25-40)20-36-8-10-39(28-52-36)67(3,61)62;1-49(2)14-10-36(43(28-49)34-4-6-37(50)7-5-34)30-55-18-20-56(21-19-55)38-8-9-41(46(25-38)64-39-24-35-11-15-51-47(35)52-29-39)48(58)53-65(61,62)40-26-44(57(59)60)42-23-33(31-63-45(42)27-40)22-32-12-16-54(3)17-13-32/h4-11,13,15,22-25,27-28,31H,12,14,16-21,26,29-30H2,1-3H3,(H,51,53)(H,54,58);4-9,11,15,24-27,29,32-33H,10,12-14,16-23,28,30-31H2,1-3H3,(H,51,52)(H,53,58)/t31-;33-/m11/s1. The number of hydrogen-bond acceptors (Lipinski definition) is 24. The Kier molecular flexibility index (Phi) is 27.0. The van der Waals surface area contributed by atoms with Crippen LogP contribution in [0.5, 0.6) is 34.5 Å². The van der Waals surface area contributed by atoms with Gasteiger partial charge in [0.15, 0.2) is 9.84 Å². The van der Waals surface area contributed by atoms with E-state index >= 15 is 0 Å². The summed E-state index contributed by atoms with van der Waals surface area (Å²) in [6.45, 7) is 19.6. The Morgan fingerprint density at radius 1 is 0.526 bits per heavy atom. The molecule has 30 nitrogen and oxygen atoms in total. The van der Waals surface area contributed by atoms with E-state index in [2.05, 4.69) is 118 Å². The zero-order valence-electron chi connectivity index (χ0n) is 74.8. The number of allylic oxidation sites excluding steroid dienone is 2. The van der Waals surface area contributed by atoms with E-state index in [1.54, 1.807) is 60.9 Å². The number of nitro benzene ring substituents is 2. The third-order valence-electron chi connectivity index (χ3n) is 26.6. The van der Waals surface area contributed by atoms with Gasteiger partial charge in [0.05, 0.1) is 72.4 Å². The average molecular weight is 1900 g/mol. The monoisotopic (exact) mass is 1900 g/mol. The fourth-order valence-electron chi connectivity index (χ4n) is 19.2. The van der Waals surface area contributed by atoms with E-state index in [9.17, 15) is 55.1 Å². The van der Waals surface area contributed by atoms with Crippen LogP contribution in [-0.2, 0) is 49.1 Å². The molecule has 5 aromatic heterocycles. The highest BCUT2D eigenvalue weighted by Gasteiger charge is 2.39. The van der Waals surface area contributed by atoms with Gasteiger partial charge < -0.3 is 43.6 Å². The largest absolute Gasteiger partial charge is 0.493 e. The lowest BCUT2D eigenvalue weighted by molar-refractivity contribution is -0.386. The number of halogens is 2. The molecule has 0 radical (unpaired) electrons. The van der Waals surface area contributed by atoms with Crippen molar-refractivity contribution in [3.05, 3.63) is 257 Å². The number of H-pyrrole nitrogens is 2. The summed E-state index contributed by atoms with van der Waals surface area (Å²) in [4.78, 5) is 81.7. The number of anilines is 2. The Morgan fingerprint density at radius 2 is 0.970 bits per heavy atom. The molecular weight excluding hydrogens is 1800 g/mol. The van der Waals surface area contributed by atoms with Gasteiger partial charge in [0.2, 0.25) is 0 Å². The fourth-order valence-corrected chi connectivity index (χ4v) is 22.0. The number of fused-ring (bicyclic) bond motifs is 4. The molecule has 7 aliphatic rings. The van der Waals surface area contributed by atoms with Gasteiger partial charge in [-0.15, -0.1) is 0 Å². The van der Waals surface area contributed by atoms with Crippen LogP contribution in [0.3, 0.4) is 0 Å². The predicted octanol–water partition coefficient (Wildman–Crippen LogP) is 17.5. The molecule has 3 fully saturated rings. The van der Waals surface area contributed by atoms with E-state index in [-0.39, 0.29) is 86.0 Å². The lowest BCUT2D eigenvalue weighted by Gasteiger charge is -2.39. The lowest BCUT2D eigenvalue weighted by atomic mass is 9.72. The quantitative estimate of drug-likeness (QED) is 0.0305. The smallest absolute Gasteiger partial charge is 0.277 e. The second-order valence-corrected chi connectivity index (χ2v) is 43.8. The minimum atomic E-state index is -4.71. The molecule has 6 aromatic carbocycles. The van der Waals surface area contributed by atoms with Crippen molar-refractivity contribution in [1.29, 1.82) is 0 Å². The number of carbonyl (C=O) groups excluding carboxylic acids is 2. The first kappa shape index (κ1) is 93.0. The second kappa shape index (κ2) is 38.6. The van der Waals surface area contributed by atoms with Crippen molar-refractivity contribution in [2.75, 3.05) is 115 Å². The number of piperazine rings is 2. The first-order valence-electron chi connectivity index (χ1n) is 44.8. The number of ether oxygens (including phenoxy) is 4. The van der Waals surface area contributed by atoms with Gasteiger partial charge in [-0.25, -0.2) is 44.7 Å². The van der Waals surface area contributed by atoms with Gasteiger partial charge in [-0.05, 0) is 227 Å². The minimum Gasteiger partial charge on any atom is -0.493 e. The molecule has 696 valence electrons. The van der Waals surface area contributed by atoms with Crippen molar-refractivity contribution in [2.24, 2.45) is 28.6 Å². The number of likely N-dealkylation sites (tertiary alicyclic amines) is 1. The molecule has 35 heteroatoms. The van der Waals surface area contributed by atoms with Gasteiger partial charge in [0.25, 0.3) is 43.2 Å². The molecule has 0 bridgehead atoms. The number of nitrogens with one attached hydrogen (secondary N) is 4. The van der Waals surface area contributed by atoms with Gasteiger partial charge in [-0.3, -0.25) is 44.6 Å². The molecule has 2 amide bonds. The number of benzene rings is 6. The lowest BCUT2D eigenvalue weighted by Crippen LogP contribution is -2.47. The van der Waals surface area contributed by atoms with Crippen LogP contribution in [0.15, 0.2) is 202 Å². The zero-order valence-corrected chi connectivity index (χ0v) is 78.8. The molecule has 11 aromatic rings. The molecule has 5 aliphatic heterocycles. The van der Waals surface area contributed by atoms with Crippen LogP contribution in [0.25, 0.3) is 33.2 Å². The van der Waals surface area contributed by atoms with Crippen molar-refractivity contribution in [1.82, 2.24) is 49.1 Å². The number of amides is 2. The molecule has 10 heterocycles. The zero-order chi connectivity index (χ0) is 93.4. The minimum absolute atomic E-state index is 0.00573. The molecule has 0 saturated carbocycles. The number of piperidine rings is 1. The number of carbonyl (C=O) groups is 2. The Morgan fingerprint density at radius 3 is 1.40 bits per heavy atom. The number of hydrogen-bond donors (Lipinski definition) is 4. The molecule has 0 spiro atoms. The Bertz CT molecular complexity index is 6730. The number of sulfone groups is 1. The first-order valence-corrected chi connectivity index (χ1v) is 50.4. The van der Waals surface area contributed by atoms with Gasteiger partial charge in [0, 0.05) is 170 Å². The van der Waals surface area contributed by atoms with Crippen LogP contribution in [0, 0.1) is 48.8 Å². The van der Waals surface area contributed by atoms with Crippen LogP contribution < -0.4 is 38.2 Å². The summed E-state index contributed by atoms with van der Waals surface area (Å²) in [6.07, 6.45) is 19.2. The summed E-state index contributed by atoms with van der Waals surface area (Å²) in [5.74, 6) is -0.609. The van der Waals surface area contributed by atoms with Crippen LogP contribution >= 0.6 is 23.2 Å². The predicted molar refractivity (Wildman–Crippen MR) is 511 cm³/mol. The maximum Gasteiger partial charge on any atom is 0.277 e. The van der Waals surface area contributed by atoms with Gasteiger partial charge >= 0.3 is 0 Å². The van der Waals surface area contributed by atoms with Crippen molar-refractivity contribution in [3.63, 3.8) is 0 Å². The number of nitro groups is 2. The summed E-state index contributed by atoms with van der Waals surface area (Å²) in [5.41, 5.74) is 11.7. The van der Waals surface area contributed by atoms with Crippen LogP contribution in [-0.4, -0.2) is 192 Å².